The number of carbonyl (C=O) groups excluding carboxylic acids is 1. The van der Waals surface area contributed by atoms with E-state index >= 15 is 0 Å². The molecule has 168 valence electrons. The number of nitriles is 1. The molecule has 2 aliphatic rings. The van der Waals surface area contributed by atoms with Gasteiger partial charge in [0.15, 0.2) is 0 Å². The fourth-order valence-corrected chi connectivity index (χ4v) is 4.41. The highest BCUT2D eigenvalue weighted by atomic mass is 19.1. The molecule has 2 fully saturated rings. The Balaban J connectivity index is 1.25. The number of amides is 1. The Bertz CT molecular complexity index is 961. The number of carbonyl (C=O) groups is 1. The van der Waals surface area contributed by atoms with Crippen molar-refractivity contribution in [1.82, 2.24) is 14.7 Å². The molecule has 2 saturated heterocycles. The summed E-state index contributed by atoms with van der Waals surface area (Å²) >= 11 is 0. The average molecular weight is 438 g/mol. The third kappa shape index (κ3) is 5.01. The maximum absolute atomic E-state index is 13.2. The summed E-state index contributed by atoms with van der Waals surface area (Å²) in [6.07, 6.45) is 0. The molecule has 2 heterocycles. The van der Waals surface area contributed by atoms with E-state index in [-0.39, 0.29) is 17.5 Å². The van der Waals surface area contributed by atoms with Crippen LogP contribution in [0.3, 0.4) is 0 Å². The molecule has 0 radical (unpaired) electrons. The summed E-state index contributed by atoms with van der Waals surface area (Å²) in [6, 6.07) is 15.2. The standard InChI is InChI=1S/C24H28FN5O2/c25-20-7-5-19(6-8-20)22(17-26)29-13-15-30(16-14-29)24(32)18-27-9-11-28(12-10-27)21-3-1-2-4-23(21)31/h1-8,22,31H,9-16,18H2. The number of anilines is 1. The van der Waals surface area contributed by atoms with Gasteiger partial charge in [0, 0.05) is 52.4 Å². The highest BCUT2D eigenvalue weighted by Gasteiger charge is 2.28. The molecule has 0 bridgehead atoms. The van der Waals surface area contributed by atoms with Crippen LogP contribution in [0.4, 0.5) is 10.1 Å². The monoisotopic (exact) mass is 437 g/mol. The molecule has 1 amide bonds. The quantitative estimate of drug-likeness (QED) is 0.772. The molecule has 2 aliphatic heterocycles. The van der Waals surface area contributed by atoms with Gasteiger partial charge in [0.1, 0.15) is 17.6 Å². The van der Waals surface area contributed by atoms with Gasteiger partial charge in [-0.1, -0.05) is 24.3 Å². The second kappa shape index (κ2) is 9.98. The van der Waals surface area contributed by atoms with Gasteiger partial charge in [-0.05, 0) is 29.8 Å². The van der Waals surface area contributed by atoms with Gasteiger partial charge < -0.3 is 14.9 Å². The van der Waals surface area contributed by atoms with E-state index in [0.29, 0.717) is 32.7 Å². The summed E-state index contributed by atoms with van der Waals surface area (Å²) in [4.78, 5) is 21.0. The van der Waals surface area contributed by atoms with Crippen molar-refractivity contribution < 1.29 is 14.3 Å². The number of para-hydroxylation sites is 2. The Hall–Kier alpha value is -3.15. The summed E-state index contributed by atoms with van der Waals surface area (Å²) in [7, 11) is 0. The first-order chi connectivity index (χ1) is 15.5. The van der Waals surface area contributed by atoms with Crippen molar-refractivity contribution in [2.45, 2.75) is 6.04 Å². The summed E-state index contributed by atoms with van der Waals surface area (Å²) in [5.41, 5.74) is 1.61. The van der Waals surface area contributed by atoms with Crippen LogP contribution in [0.5, 0.6) is 5.75 Å². The lowest BCUT2D eigenvalue weighted by Gasteiger charge is -2.39. The minimum atomic E-state index is -0.435. The van der Waals surface area contributed by atoms with E-state index < -0.39 is 6.04 Å². The number of aromatic hydroxyl groups is 1. The van der Waals surface area contributed by atoms with Crippen LogP contribution in [0.2, 0.25) is 0 Å². The van der Waals surface area contributed by atoms with Crippen LogP contribution < -0.4 is 4.90 Å². The van der Waals surface area contributed by atoms with Crippen LogP contribution in [0.1, 0.15) is 11.6 Å². The Labute approximate surface area is 187 Å². The molecule has 7 nitrogen and oxygen atoms in total. The SMILES string of the molecule is N#CC(c1ccc(F)cc1)N1CCN(C(=O)CN2CCN(c3ccccc3O)CC2)CC1. The van der Waals surface area contributed by atoms with Crippen molar-refractivity contribution >= 4 is 11.6 Å². The average Bonchev–Trinajstić information content (AvgIpc) is 2.82. The van der Waals surface area contributed by atoms with Crippen LogP contribution in [0, 0.1) is 17.1 Å². The van der Waals surface area contributed by atoms with Crippen molar-refractivity contribution in [1.29, 1.82) is 5.26 Å². The van der Waals surface area contributed by atoms with E-state index in [9.17, 15) is 19.6 Å². The number of benzene rings is 2. The van der Waals surface area contributed by atoms with Crippen LogP contribution in [0.25, 0.3) is 0 Å². The number of hydrogen-bond donors (Lipinski definition) is 1. The van der Waals surface area contributed by atoms with Gasteiger partial charge in [0.05, 0.1) is 18.3 Å². The molecule has 0 saturated carbocycles. The summed E-state index contributed by atoms with van der Waals surface area (Å²) < 4.78 is 13.2. The molecular formula is C24H28FN5O2. The molecular weight excluding hydrogens is 409 g/mol. The molecule has 2 aromatic rings. The third-order valence-electron chi connectivity index (χ3n) is 6.29. The van der Waals surface area contributed by atoms with Gasteiger partial charge in [-0.2, -0.15) is 5.26 Å². The predicted octanol–water partition coefficient (Wildman–Crippen LogP) is 2.06. The molecule has 0 aliphatic carbocycles. The van der Waals surface area contributed by atoms with Gasteiger partial charge >= 0.3 is 0 Å². The first-order valence-electron chi connectivity index (χ1n) is 11.0. The molecule has 8 heteroatoms. The highest BCUT2D eigenvalue weighted by molar-refractivity contribution is 5.78. The van der Waals surface area contributed by atoms with Gasteiger partial charge in [0.2, 0.25) is 5.91 Å². The van der Waals surface area contributed by atoms with E-state index in [4.69, 9.17) is 0 Å². The minimum Gasteiger partial charge on any atom is -0.506 e. The summed E-state index contributed by atoms with van der Waals surface area (Å²) in [5.74, 6) is 0.0735. The Kier molecular flexibility index (Phi) is 6.88. The second-order valence-corrected chi connectivity index (χ2v) is 8.25. The molecule has 4 rings (SSSR count). The fourth-order valence-electron chi connectivity index (χ4n) is 4.41. The molecule has 1 N–H and O–H groups in total. The van der Waals surface area contributed by atoms with Crippen molar-refractivity contribution in [2.24, 2.45) is 0 Å². The lowest BCUT2D eigenvalue weighted by atomic mass is 10.1. The lowest BCUT2D eigenvalue weighted by Crippen LogP contribution is -2.54. The van der Waals surface area contributed by atoms with Crippen molar-refractivity contribution in [3.63, 3.8) is 0 Å². The topological polar surface area (TPSA) is 74.1 Å². The fraction of sp³-hybridized carbons (Fsp3) is 0.417. The molecule has 0 aromatic heterocycles. The third-order valence-corrected chi connectivity index (χ3v) is 6.29. The Morgan fingerprint density at radius 2 is 1.62 bits per heavy atom. The second-order valence-electron chi connectivity index (χ2n) is 8.25. The number of hydrogen-bond acceptors (Lipinski definition) is 6. The molecule has 1 atom stereocenters. The maximum atomic E-state index is 13.2. The molecule has 0 spiro atoms. The van der Waals surface area contributed by atoms with Crippen molar-refractivity contribution in [3.05, 3.63) is 59.9 Å². The zero-order chi connectivity index (χ0) is 22.5. The normalized spacial score (nSPS) is 18.9. The molecule has 1 unspecified atom stereocenters. The smallest absolute Gasteiger partial charge is 0.236 e. The van der Waals surface area contributed by atoms with E-state index in [1.807, 2.05) is 28.0 Å². The van der Waals surface area contributed by atoms with Gasteiger partial charge in [-0.25, -0.2) is 4.39 Å². The first kappa shape index (κ1) is 22.1. The van der Waals surface area contributed by atoms with Crippen molar-refractivity contribution in [3.8, 4) is 11.8 Å². The molecule has 2 aromatic carbocycles. The zero-order valence-electron chi connectivity index (χ0n) is 18.0. The van der Waals surface area contributed by atoms with E-state index in [1.165, 1.54) is 12.1 Å². The van der Waals surface area contributed by atoms with Crippen molar-refractivity contribution in [2.75, 3.05) is 63.8 Å². The number of nitrogens with zero attached hydrogens (tertiary/aromatic N) is 5. The van der Waals surface area contributed by atoms with Gasteiger partial charge in [0.25, 0.3) is 0 Å². The van der Waals surface area contributed by atoms with Crippen LogP contribution in [0.15, 0.2) is 48.5 Å². The van der Waals surface area contributed by atoms with Gasteiger partial charge in [-0.15, -0.1) is 0 Å². The number of phenols is 1. The molecule has 32 heavy (non-hydrogen) atoms. The minimum absolute atomic E-state index is 0.107. The number of piperazine rings is 2. The number of halogens is 1. The summed E-state index contributed by atoms with van der Waals surface area (Å²) in [6.45, 7) is 5.83. The van der Waals surface area contributed by atoms with E-state index in [1.54, 1.807) is 18.2 Å². The number of phenolic OH excluding ortho intramolecular Hbond substituents is 1. The first-order valence-corrected chi connectivity index (χ1v) is 11.0. The Morgan fingerprint density at radius 1 is 0.969 bits per heavy atom. The predicted molar refractivity (Wildman–Crippen MR) is 120 cm³/mol. The van der Waals surface area contributed by atoms with E-state index in [2.05, 4.69) is 15.9 Å². The van der Waals surface area contributed by atoms with Crippen LogP contribution in [-0.2, 0) is 4.79 Å². The Morgan fingerprint density at radius 3 is 2.25 bits per heavy atom. The summed E-state index contributed by atoms with van der Waals surface area (Å²) in [5, 5.41) is 19.7. The lowest BCUT2D eigenvalue weighted by molar-refractivity contribution is -0.134. The zero-order valence-corrected chi connectivity index (χ0v) is 18.0. The maximum Gasteiger partial charge on any atom is 0.236 e. The van der Waals surface area contributed by atoms with Gasteiger partial charge in [-0.3, -0.25) is 14.6 Å². The van der Waals surface area contributed by atoms with Crippen LogP contribution in [-0.4, -0.2) is 84.6 Å². The van der Waals surface area contributed by atoms with Crippen LogP contribution >= 0.6 is 0 Å². The highest BCUT2D eigenvalue weighted by Crippen LogP contribution is 2.27. The van der Waals surface area contributed by atoms with E-state index in [0.717, 1.165) is 37.4 Å². The number of rotatable bonds is 5. The largest absolute Gasteiger partial charge is 0.506 e.